The van der Waals surface area contributed by atoms with Crippen molar-refractivity contribution >= 4 is 5.91 Å². The normalized spacial score (nSPS) is 32.4. The summed E-state index contributed by atoms with van der Waals surface area (Å²) in [5.41, 5.74) is 10.3. The van der Waals surface area contributed by atoms with Gasteiger partial charge in [0.2, 0.25) is 5.91 Å². The van der Waals surface area contributed by atoms with Crippen LogP contribution in [0.15, 0.2) is 18.2 Å². The largest absolute Gasteiger partial charge is 0.353 e. The standard InChI is InChI=1S/C20H28N2O/c21-18-11-16-5-2-6-17(12-18)20(16)22-19(23)10-13-7-8-14-3-1-4-15(14)9-13/h7-9,16-18,20H,1-6,10-12,21H2,(H,22,23). The molecular weight excluding hydrogens is 284 g/mol. The number of nitrogens with two attached hydrogens (primary N) is 1. The minimum atomic E-state index is 0.195. The second kappa shape index (κ2) is 6.27. The second-order valence-corrected chi connectivity index (χ2v) is 7.91. The van der Waals surface area contributed by atoms with Gasteiger partial charge in [0.1, 0.15) is 0 Å². The fourth-order valence-electron chi connectivity index (χ4n) is 5.18. The molecule has 3 aliphatic rings. The number of amides is 1. The Morgan fingerprint density at radius 2 is 1.83 bits per heavy atom. The molecule has 2 saturated carbocycles. The van der Waals surface area contributed by atoms with E-state index in [0.717, 1.165) is 12.8 Å². The number of carbonyl (C=O) groups excluding carboxylic acids is 1. The summed E-state index contributed by atoms with van der Waals surface area (Å²) in [7, 11) is 0. The number of hydrogen-bond acceptors (Lipinski definition) is 2. The lowest BCUT2D eigenvalue weighted by Gasteiger charge is -2.45. The number of nitrogens with one attached hydrogen (secondary N) is 1. The monoisotopic (exact) mass is 312 g/mol. The van der Waals surface area contributed by atoms with Gasteiger partial charge in [-0.25, -0.2) is 0 Å². The maximum Gasteiger partial charge on any atom is 0.224 e. The van der Waals surface area contributed by atoms with Crippen LogP contribution in [-0.2, 0) is 24.1 Å². The molecule has 124 valence electrons. The van der Waals surface area contributed by atoms with E-state index in [2.05, 4.69) is 23.5 Å². The number of fused-ring (bicyclic) bond motifs is 3. The zero-order valence-electron chi connectivity index (χ0n) is 13.9. The lowest BCUT2D eigenvalue weighted by molar-refractivity contribution is -0.122. The van der Waals surface area contributed by atoms with Crippen molar-refractivity contribution in [3.8, 4) is 0 Å². The van der Waals surface area contributed by atoms with Crippen LogP contribution in [-0.4, -0.2) is 18.0 Å². The van der Waals surface area contributed by atoms with E-state index in [9.17, 15) is 4.79 Å². The van der Waals surface area contributed by atoms with Crippen molar-refractivity contribution < 1.29 is 4.79 Å². The number of carbonyl (C=O) groups is 1. The summed E-state index contributed by atoms with van der Waals surface area (Å²) in [6.45, 7) is 0. The Hall–Kier alpha value is -1.35. The average molecular weight is 312 g/mol. The zero-order valence-corrected chi connectivity index (χ0v) is 13.9. The first-order valence-electron chi connectivity index (χ1n) is 9.34. The fourth-order valence-corrected chi connectivity index (χ4v) is 5.18. The van der Waals surface area contributed by atoms with Crippen LogP contribution < -0.4 is 11.1 Å². The molecule has 2 atom stereocenters. The van der Waals surface area contributed by atoms with Crippen LogP contribution in [0.25, 0.3) is 0 Å². The summed E-state index contributed by atoms with van der Waals surface area (Å²) in [6.07, 6.45) is 10.1. The molecule has 23 heavy (non-hydrogen) atoms. The van der Waals surface area contributed by atoms with Gasteiger partial charge in [-0.15, -0.1) is 0 Å². The van der Waals surface area contributed by atoms with Crippen molar-refractivity contribution in [3.05, 3.63) is 34.9 Å². The molecule has 0 heterocycles. The van der Waals surface area contributed by atoms with Crippen molar-refractivity contribution in [1.82, 2.24) is 5.32 Å². The van der Waals surface area contributed by atoms with Gasteiger partial charge in [-0.05, 0) is 73.5 Å². The van der Waals surface area contributed by atoms with E-state index in [0.29, 0.717) is 30.3 Å². The third-order valence-electron chi connectivity index (χ3n) is 6.23. The van der Waals surface area contributed by atoms with Gasteiger partial charge in [-0.3, -0.25) is 4.79 Å². The Morgan fingerprint density at radius 1 is 1.09 bits per heavy atom. The van der Waals surface area contributed by atoms with Gasteiger partial charge in [0.15, 0.2) is 0 Å². The Morgan fingerprint density at radius 3 is 2.61 bits per heavy atom. The number of hydrogen-bond donors (Lipinski definition) is 2. The molecule has 4 rings (SSSR count). The maximum absolute atomic E-state index is 12.6. The lowest BCUT2D eigenvalue weighted by Crippen LogP contribution is -2.54. The molecule has 0 aliphatic heterocycles. The Labute approximate surface area is 139 Å². The molecule has 3 nitrogen and oxygen atoms in total. The minimum absolute atomic E-state index is 0.195. The van der Waals surface area contributed by atoms with E-state index in [1.165, 1.54) is 55.2 Å². The average Bonchev–Trinajstić information content (AvgIpc) is 2.95. The molecule has 0 spiro atoms. The van der Waals surface area contributed by atoms with E-state index in [1.807, 2.05) is 0 Å². The first-order valence-corrected chi connectivity index (χ1v) is 9.34. The second-order valence-electron chi connectivity index (χ2n) is 7.91. The van der Waals surface area contributed by atoms with E-state index in [4.69, 9.17) is 5.73 Å². The summed E-state index contributed by atoms with van der Waals surface area (Å²) in [5, 5.41) is 3.36. The van der Waals surface area contributed by atoms with Gasteiger partial charge in [-0.2, -0.15) is 0 Å². The first-order chi connectivity index (χ1) is 11.2. The molecule has 0 aromatic heterocycles. The minimum Gasteiger partial charge on any atom is -0.353 e. The highest BCUT2D eigenvalue weighted by Crippen LogP contribution is 2.39. The summed E-state index contributed by atoms with van der Waals surface area (Å²) in [5.74, 6) is 1.39. The predicted octanol–water partition coefficient (Wildman–Crippen LogP) is 2.74. The van der Waals surface area contributed by atoms with Gasteiger partial charge in [0, 0.05) is 12.1 Å². The van der Waals surface area contributed by atoms with E-state index < -0.39 is 0 Å². The van der Waals surface area contributed by atoms with E-state index in [1.54, 1.807) is 0 Å². The number of rotatable bonds is 3. The van der Waals surface area contributed by atoms with Crippen LogP contribution in [0.1, 0.15) is 55.2 Å². The van der Waals surface area contributed by atoms with Crippen LogP contribution in [0.3, 0.4) is 0 Å². The predicted molar refractivity (Wildman–Crippen MR) is 92.1 cm³/mol. The lowest BCUT2D eigenvalue weighted by atomic mass is 9.67. The highest BCUT2D eigenvalue weighted by molar-refractivity contribution is 5.79. The van der Waals surface area contributed by atoms with Crippen LogP contribution in [0, 0.1) is 11.8 Å². The van der Waals surface area contributed by atoms with Crippen LogP contribution in [0.5, 0.6) is 0 Å². The van der Waals surface area contributed by atoms with Crippen molar-refractivity contribution in [1.29, 1.82) is 0 Å². The smallest absolute Gasteiger partial charge is 0.224 e. The Balaban J connectivity index is 1.40. The van der Waals surface area contributed by atoms with Crippen molar-refractivity contribution in [2.24, 2.45) is 17.6 Å². The molecular formula is C20H28N2O. The molecule has 3 N–H and O–H groups in total. The van der Waals surface area contributed by atoms with Crippen molar-refractivity contribution in [2.45, 2.75) is 69.9 Å². The Kier molecular flexibility index (Phi) is 4.14. The highest BCUT2D eigenvalue weighted by atomic mass is 16.1. The van der Waals surface area contributed by atoms with Gasteiger partial charge < -0.3 is 11.1 Å². The molecule has 1 aromatic carbocycles. The summed E-state index contributed by atoms with van der Waals surface area (Å²) >= 11 is 0. The maximum atomic E-state index is 12.6. The van der Waals surface area contributed by atoms with Gasteiger partial charge in [0.05, 0.1) is 6.42 Å². The SMILES string of the molecule is NC1CC2CCCC(C1)C2NC(=O)Cc1ccc2c(c1)CCC2. The first kappa shape index (κ1) is 15.2. The summed E-state index contributed by atoms with van der Waals surface area (Å²) in [4.78, 5) is 12.6. The van der Waals surface area contributed by atoms with E-state index >= 15 is 0 Å². The quantitative estimate of drug-likeness (QED) is 0.901. The van der Waals surface area contributed by atoms with Gasteiger partial charge in [0.25, 0.3) is 0 Å². The van der Waals surface area contributed by atoms with Crippen molar-refractivity contribution in [2.75, 3.05) is 0 Å². The van der Waals surface area contributed by atoms with Gasteiger partial charge in [-0.1, -0.05) is 24.6 Å². The topological polar surface area (TPSA) is 55.1 Å². The number of benzene rings is 1. The Bertz CT molecular complexity index is 583. The van der Waals surface area contributed by atoms with Crippen molar-refractivity contribution in [3.63, 3.8) is 0 Å². The molecule has 0 saturated heterocycles. The molecule has 3 heteroatoms. The molecule has 2 bridgehead atoms. The molecule has 0 radical (unpaired) electrons. The highest BCUT2D eigenvalue weighted by Gasteiger charge is 2.39. The molecule has 1 amide bonds. The molecule has 2 unspecified atom stereocenters. The molecule has 2 fully saturated rings. The third kappa shape index (κ3) is 3.16. The van der Waals surface area contributed by atoms with E-state index in [-0.39, 0.29) is 5.91 Å². The molecule has 3 aliphatic carbocycles. The number of aryl methyl sites for hydroxylation is 2. The van der Waals surface area contributed by atoms with Crippen LogP contribution in [0.2, 0.25) is 0 Å². The zero-order chi connectivity index (χ0) is 15.8. The fraction of sp³-hybridized carbons (Fsp3) is 0.650. The van der Waals surface area contributed by atoms with Crippen LogP contribution >= 0.6 is 0 Å². The van der Waals surface area contributed by atoms with Gasteiger partial charge >= 0.3 is 0 Å². The summed E-state index contributed by atoms with van der Waals surface area (Å²) < 4.78 is 0. The summed E-state index contributed by atoms with van der Waals surface area (Å²) in [6, 6.07) is 7.32. The third-order valence-corrected chi connectivity index (χ3v) is 6.23. The van der Waals surface area contributed by atoms with Crippen LogP contribution in [0.4, 0.5) is 0 Å². The molecule has 1 aromatic rings.